The van der Waals surface area contributed by atoms with E-state index in [1.54, 1.807) is 12.1 Å². The maximum atomic E-state index is 11.7. The summed E-state index contributed by atoms with van der Waals surface area (Å²) in [6, 6.07) is 5.78. The Hall–Kier alpha value is -2.44. The maximum Gasteiger partial charge on any atom is 0.269 e. The molecule has 2 N–H and O–H groups in total. The summed E-state index contributed by atoms with van der Waals surface area (Å²) in [5, 5.41) is 15.8. The Kier molecular flexibility index (Phi) is 4.29. The number of nitro groups is 1. The summed E-state index contributed by atoms with van der Waals surface area (Å²) in [6.45, 7) is 0.434. The molecular formula is C13H15N3O4. The molecule has 0 saturated carbocycles. The van der Waals surface area contributed by atoms with Gasteiger partial charge >= 0.3 is 0 Å². The van der Waals surface area contributed by atoms with Crippen LogP contribution in [-0.4, -0.2) is 29.3 Å². The molecule has 0 aromatic heterocycles. The highest BCUT2D eigenvalue weighted by atomic mass is 16.6. The van der Waals surface area contributed by atoms with Gasteiger partial charge in [-0.3, -0.25) is 19.7 Å². The molecule has 7 heteroatoms. The minimum Gasteiger partial charge on any atom is -0.354 e. The lowest BCUT2D eigenvalue weighted by atomic mass is 10.1. The lowest BCUT2D eigenvalue weighted by molar-refractivity contribution is -0.384. The van der Waals surface area contributed by atoms with Gasteiger partial charge in [-0.1, -0.05) is 12.1 Å². The zero-order valence-corrected chi connectivity index (χ0v) is 10.8. The van der Waals surface area contributed by atoms with Crippen LogP contribution >= 0.6 is 0 Å². The quantitative estimate of drug-likeness (QED) is 0.605. The Bertz CT molecular complexity index is 527. The molecule has 1 fully saturated rings. The maximum absolute atomic E-state index is 11.7. The molecule has 106 valence electrons. The van der Waals surface area contributed by atoms with E-state index in [1.165, 1.54) is 12.1 Å². The van der Waals surface area contributed by atoms with Crippen molar-refractivity contribution in [3.8, 4) is 0 Å². The highest BCUT2D eigenvalue weighted by Gasteiger charge is 2.26. The van der Waals surface area contributed by atoms with Gasteiger partial charge in [0.15, 0.2) is 0 Å². The van der Waals surface area contributed by atoms with Crippen LogP contribution in [0.15, 0.2) is 24.3 Å². The van der Waals surface area contributed by atoms with Crippen LogP contribution in [0.3, 0.4) is 0 Å². The summed E-state index contributed by atoms with van der Waals surface area (Å²) in [6.07, 6.45) is 1.51. The van der Waals surface area contributed by atoms with Crippen molar-refractivity contribution in [2.45, 2.75) is 25.3 Å². The molecule has 0 spiro atoms. The zero-order chi connectivity index (χ0) is 14.5. The standard InChI is InChI=1S/C13H15N3O4/c17-12-6-5-11(15-12)13(18)14-8-7-9-1-3-10(4-2-9)16(19)20/h1-4,11H,5-8H2,(H,14,18)(H,15,17). The van der Waals surface area contributed by atoms with Gasteiger partial charge in [-0.15, -0.1) is 0 Å². The van der Waals surface area contributed by atoms with E-state index in [-0.39, 0.29) is 17.5 Å². The highest BCUT2D eigenvalue weighted by Crippen LogP contribution is 2.12. The smallest absolute Gasteiger partial charge is 0.269 e. The largest absolute Gasteiger partial charge is 0.354 e. The number of carbonyl (C=O) groups is 2. The lowest BCUT2D eigenvalue weighted by Crippen LogP contribution is -2.42. The fourth-order valence-electron chi connectivity index (χ4n) is 2.05. The summed E-state index contributed by atoms with van der Waals surface area (Å²) in [4.78, 5) is 32.8. The topological polar surface area (TPSA) is 101 Å². The van der Waals surface area contributed by atoms with Crippen LogP contribution in [0.25, 0.3) is 0 Å². The molecule has 1 aromatic carbocycles. The van der Waals surface area contributed by atoms with Gasteiger partial charge in [-0.25, -0.2) is 0 Å². The number of benzene rings is 1. The first-order valence-corrected chi connectivity index (χ1v) is 6.36. The van der Waals surface area contributed by atoms with E-state index in [0.717, 1.165) is 5.56 Å². The van der Waals surface area contributed by atoms with Crippen molar-refractivity contribution >= 4 is 17.5 Å². The molecule has 2 rings (SSSR count). The molecule has 1 heterocycles. The molecular weight excluding hydrogens is 262 g/mol. The van der Waals surface area contributed by atoms with Gasteiger partial charge in [0.1, 0.15) is 6.04 Å². The van der Waals surface area contributed by atoms with Gasteiger partial charge in [0.2, 0.25) is 11.8 Å². The molecule has 1 saturated heterocycles. The van der Waals surface area contributed by atoms with Gasteiger partial charge < -0.3 is 10.6 Å². The van der Waals surface area contributed by atoms with Crippen molar-refractivity contribution in [1.29, 1.82) is 0 Å². The minimum atomic E-state index is -0.450. The number of nitrogens with one attached hydrogen (secondary N) is 2. The fraction of sp³-hybridized carbons (Fsp3) is 0.385. The normalized spacial score (nSPS) is 17.6. The Balaban J connectivity index is 1.76. The molecule has 0 radical (unpaired) electrons. The number of rotatable bonds is 5. The number of non-ortho nitro benzene ring substituents is 1. The molecule has 7 nitrogen and oxygen atoms in total. The van der Waals surface area contributed by atoms with Crippen molar-refractivity contribution in [2.24, 2.45) is 0 Å². The molecule has 0 aliphatic carbocycles. The zero-order valence-electron chi connectivity index (χ0n) is 10.8. The first-order chi connectivity index (χ1) is 9.56. The van der Waals surface area contributed by atoms with Crippen LogP contribution in [0.4, 0.5) is 5.69 Å². The number of amides is 2. The van der Waals surface area contributed by atoms with Gasteiger partial charge in [-0.05, 0) is 18.4 Å². The van der Waals surface area contributed by atoms with Crippen LogP contribution < -0.4 is 10.6 Å². The molecule has 1 unspecified atom stereocenters. The highest BCUT2D eigenvalue weighted by molar-refractivity contribution is 5.90. The lowest BCUT2D eigenvalue weighted by Gasteiger charge is -2.10. The number of nitro benzene ring substituents is 1. The number of carbonyl (C=O) groups excluding carboxylic acids is 2. The van der Waals surface area contributed by atoms with Gasteiger partial charge in [0, 0.05) is 25.1 Å². The Morgan fingerprint density at radius 2 is 2.10 bits per heavy atom. The van der Waals surface area contributed by atoms with E-state index in [2.05, 4.69) is 10.6 Å². The van der Waals surface area contributed by atoms with Crippen molar-refractivity contribution in [3.05, 3.63) is 39.9 Å². The summed E-state index contributed by atoms with van der Waals surface area (Å²) in [7, 11) is 0. The van der Waals surface area contributed by atoms with E-state index < -0.39 is 11.0 Å². The number of hydrogen-bond donors (Lipinski definition) is 2. The third kappa shape index (κ3) is 3.53. The second-order valence-electron chi connectivity index (χ2n) is 4.62. The van der Waals surface area contributed by atoms with E-state index in [1.807, 2.05) is 0 Å². The van der Waals surface area contributed by atoms with E-state index in [4.69, 9.17) is 0 Å². The van der Waals surface area contributed by atoms with Crippen LogP contribution in [0.1, 0.15) is 18.4 Å². The van der Waals surface area contributed by atoms with Gasteiger partial charge in [0.25, 0.3) is 5.69 Å². The van der Waals surface area contributed by atoms with Crippen LogP contribution in [-0.2, 0) is 16.0 Å². The average molecular weight is 277 g/mol. The SMILES string of the molecule is O=C1CCC(C(=O)NCCc2ccc([N+](=O)[O-])cc2)N1. The summed E-state index contributed by atoms with van der Waals surface area (Å²) in [5.41, 5.74) is 0.956. The second-order valence-corrected chi connectivity index (χ2v) is 4.62. The molecule has 1 aliphatic rings. The molecule has 2 amide bonds. The molecule has 0 bridgehead atoms. The molecule has 1 aliphatic heterocycles. The minimum absolute atomic E-state index is 0.0476. The molecule has 20 heavy (non-hydrogen) atoms. The van der Waals surface area contributed by atoms with Crippen molar-refractivity contribution in [2.75, 3.05) is 6.54 Å². The summed E-state index contributed by atoms with van der Waals surface area (Å²) < 4.78 is 0. The number of nitrogens with zero attached hydrogens (tertiary/aromatic N) is 1. The van der Waals surface area contributed by atoms with Crippen molar-refractivity contribution < 1.29 is 14.5 Å². The monoisotopic (exact) mass is 277 g/mol. The Labute approximate surface area is 115 Å². The van der Waals surface area contributed by atoms with Gasteiger partial charge in [0.05, 0.1) is 4.92 Å². The number of hydrogen-bond acceptors (Lipinski definition) is 4. The van der Waals surface area contributed by atoms with Crippen molar-refractivity contribution in [1.82, 2.24) is 10.6 Å². The predicted molar refractivity (Wildman–Crippen MR) is 71.0 cm³/mol. The van der Waals surface area contributed by atoms with E-state index in [0.29, 0.717) is 25.8 Å². The Morgan fingerprint density at radius 3 is 2.65 bits per heavy atom. The van der Waals surface area contributed by atoms with Crippen LogP contribution in [0.5, 0.6) is 0 Å². The van der Waals surface area contributed by atoms with Crippen LogP contribution in [0.2, 0.25) is 0 Å². The first kappa shape index (κ1) is 14.0. The van der Waals surface area contributed by atoms with Crippen LogP contribution in [0, 0.1) is 10.1 Å². The summed E-state index contributed by atoms with van der Waals surface area (Å²) in [5.74, 6) is -0.279. The second kappa shape index (κ2) is 6.14. The third-order valence-corrected chi connectivity index (χ3v) is 3.17. The van der Waals surface area contributed by atoms with Crippen molar-refractivity contribution in [3.63, 3.8) is 0 Å². The van der Waals surface area contributed by atoms with Gasteiger partial charge in [-0.2, -0.15) is 0 Å². The molecule has 1 atom stereocenters. The predicted octanol–water partition coefficient (Wildman–Crippen LogP) is 0.532. The van der Waals surface area contributed by atoms with E-state index >= 15 is 0 Å². The summed E-state index contributed by atoms with van der Waals surface area (Å²) >= 11 is 0. The fourth-order valence-corrected chi connectivity index (χ4v) is 2.05. The first-order valence-electron chi connectivity index (χ1n) is 6.36. The average Bonchev–Trinajstić information content (AvgIpc) is 2.86. The molecule has 1 aromatic rings. The third-order valence-electron chi connectivity index (χ3n) is 3.17. The Morgan fingerprint density at radius 1 is 1.40 bits per heavy atom. The van der Waals surface area contributed by atoms with E-state index in [9.17, 15) is 19.7 Å².